The van der Waals surface area contributed by atoms with Gasteiger partial charge in [-0.2, -0.15) is 0 Å². The highest BCUT2D eigenvalue weighted by Crippen LogP contribution is 2.27. The molecule has 0 saturated heterocycles. The van der Waals surface area contributed by atoms with Crippen molar-refractivity contribution >= 4 is 19.1 Å². The summed E-state index contributed by atoms with van der Waals surface area (Å²) in [5.74, 6) is -1.80. The molecule has 4 N–H and O–H groups in total. The van der Waals surface area contributed by atoms with E-state index in [-0.39, 0.29) is 33.8 Å². The molecule has 5 nitrogen and oxygen atoms in total. The van der Waals surface area contributed by atoms with Gasteiger partial charge in [-0.3, -0.25) is 4.79 Å². The zero-order valence-electron chi connectivity index (χ0n) is 10.1. The number of aromatic hydroxyl groups is 4. The first kappa shape index (κ1) is 12.8. The quantitative estimate of drug-likeness (QED) is 0.345. The number of carbonyl (C=O) groups excluding carboxylic acids is 1. The third kappa shape index (κ3) is 2.20. The minimum absolute atomic E-state index is 0.170. The summed E-state index contributed by atoms with van der Waals surface area (Å²) in [6.07, 6.45) is 0. The second-order valence-electron chi connectivity index (χ2n) is 4.14. The summed E-state index contributed by atoms with van der Waals surface area (Å²) in [6.45, 7) is 0. The van der Waals surface area contributed by atoms with Gasteiger partial charge in [0, 0.05) is 11.1 Å². The summed E-state index contributed by atoms with van der Waals surface area (Å²) >= 11 is 0. The van der Waals surface area contributed by atoms with Gasteiger partial charge in [-0.05, 0) is 35.8 Å². The Hall–Kier alpha value is -2.63. The van der Waals surface area contributed by atoms with Crippen molar-refractivity contribution < 1.29 is 25.2 Å². The molecule has 2 aromatic carbocycles. The summed E-state index contributed by atoms with van der Waals surface area (Å²) in [5.41, 5.74) is 0.626. The van der Waals surface area contributed by atoms with Crippen molar-refractivity contribution in [3.63, 3.8) is 0 Å². The Morgan fingerprint density at radius 1 is 0.895 bits per heavy atom. The monoisotopic (exact) mass is 258 g/mol. The Bertz CT molecular complexity index is 666. The van der Waals surface area contributed by atoms with E-state index in [2.05, 4.69) is 0 Å². The van der Waals surface area contributed by atoms with Crippen LogP contribution >= 0.6 is 0 Å². The molecule has 0 aliphatic carbocycles. The number of carbonyl (C=O) groups is 1. The molecular formula is C13H11BO5. The van der Waals surface area contributed by atoms with Gasteiger partial charge in [-0.25, -0.2) is 0 Å². The van der Waals surface area contributed by atoms with Gasteiger partial charge in [-0.15, -0.1) is 0 Å². The molecule has 0 fully saturated rings. The van der Waals surface area contributed by atoms with Gasteiger partial charge in [0.2, 0.25) is 0 Å². The second kappa shape index (κ2) is 4.57. The lowest BCUT2D eigenvalue weighted by Crippen LogP contribution is -2.17. The number of rotatable bonds is 2. The van der Waals surface area contributed by atoms with Gasteiger partial charge in [-0.1, -0.05) is 0 Å². The van der Waals surface area contributed by atoms with Crippen molar-refractivity contribution in [2.24, 2.45) is 0 Å². The van der Waals surface area contributed by atoms with E-state index >= 15 is 0 Å². The summed E-state index contributed by atoms with van der Waals surface area (Å²) in [4.78, 5) is 12.2. The lowest BCUT2D eigenvalue weighted by Gasteiger charge is -2.09. The van der Waals surface area contributed by atoms with Crippen molar-refractivity contribution in [3.05, 3.63) is 41.5 Å². The van der Waals surface area contributed by atoms with E-state index in [0.717, 1.165) is 6.07 Å². The topological polar surface area (TPSA) is 98.0 Å². The van der Waals surface area contributed by atoms with Crippen LogP contribution in [-0.4, -0.2) is 34.1 Å². The highest BCUT2D eigenvalue weighted by molar-refractivity contribution is 6.39. The molecule has 0 heterocycles. The molecule has 0 spiro atoms. The molecule has 0 saturated carbocycles. The average Bonchev–Trinajstić information content (AvgIpc) is 2.39. The van der Waals surface area contributed by atoms with Gasteiger partial charge in [0.15, 0.2) is 28.8 Å². The molecule has 2 aromatic rings. The molecular weight excluding hydrogens is 247 g/mol. The van der Waals surface area contributed by atoms with E-state index in [1.807, 2.05) is 0 Å². The number of benzene rings is 2. The second-order valence-corrected chi connectivity index (χ2v) is 4.14. The average molecular weight is 258 g/mol. The van der Waals surface area contributed by atoms with Crippen LogP contribution in [0.4, 0.5) is 0 Å². The fraction of sp³-hybridized carbons (Fsp3) is 0. The van der Waals surface area contributed by atoms with Crippen molar-refractivity contribution in [1.29, 1.82) is 0 Å². The minimum Gasteiger partial charge on any atom is -0.505 e. The van der Waals surface area contributed by atoms with E-state index < -0.39 is 11.5 Å². The Morgan fingerprint density at radius 3 is 2.16 bits per heavy atom. The third-order valence-corrected chi connectivity index (χ3v) is 2.89. The van der Waals surface area contributed by atoms with Gasteiger partial charge in [0.25, 0.3) is 0 Å². The SMILES string of the molecule is Bc1c(C(=O)c2ccc(O)c(O)c2)ccc(O)c1O. The molecule has 96 valence electrons. The molecule has 0 aliphatic rings. The predicted molar refractivity (Wildman–Crippen MR) is 71.2 cm³/mol. The van der Waals surface area contributed by atoms with Crippen LogP contribution in [-0.2, 0) is 0 Å². The van der Waals surface area contributed by atoms with Crippen LogP contribution in [0.15, 0.2) is 30.3 Å². The Balaban J connectivity index is 2.50. The van der Waals surface area contributed by atoms with Crippen LogP contribution < -0.4 is 5.46 Å². The molecule has 0 unspecified atom stereocenters. The Morgan fingerprint density at radius 2 is 1.53 bits per heavy atom. The number of hydrogen-bond acceptors (Lipinski definition) is 5. The zero-order valence-corrected chi connectivity index (χ0v) is 10.1. The van der Waals surface area contributed by atoms with Crippen molar-refractivity contribution in [2.75, 3.05) is 0 Å². The first-order chi connectivity index (χ1) is 8.91. The van der Waals surface area contributed by atoms with E-state index in [9.17, 15) is 25.2 Å². The fourth-order valence-corrected chi connectivity index (χ4v) is 1.75. The van der Waals surface area contributed by atoms with Gasteiger partial charge >= 0.3 is 0 Å². The zero-order chi connectivity index (χ0) is 14.2. The van der Waals surface area contributed by atoms with Crippen LogP contribution in [0.2, 0.25) is 0 Å². The lowest BCUT2D eigenvalue weighted by atomic mass is 9.85. The first-order valence-electron chi connectivity index (χ1n) is 5.50. The summed E-state index contributed by atoms with van der Waals surface area (Å²) in [5, 5.41) is 37.5. The van der Waals surface area contributed by atoms with Crippen LogP contribution in [0.5, 0.6) is 23.0 Å². The number of phenolic OH excluding ortho intramolecular Hbond substituents is 4. The molecule has 2 rings (SSSR count). The standard InChI is InChI=1S/C13H11BO5/c14-11-7(2-4-9(16)13(11)19)12(18)6-1-3-8(15)10(17)5-6/h1-5,15-17,19H,14H2. The number of phenols is 4. The van der Waals surface area contributed by atoms with Crippen molar-refractivity contribution in [2.45, 2.75) is 0 Å². The summed E-state index contributed by atoms with van der Waals surface area (Å²) < 4.78 is 0. The van der Waals surface area contributed by atoms with Crippen LogP contribution in [0, 0.1) is 0 Å². The normalized spacial score (nSPS) is 10.3. The molecule has 0 amide bonds. The number of ketones is 1. The summed E-state index contributed by atoms with van der Waals surface area (Å²) in [7, 11) is 1.50. The molecule has 19 heavy (non-hydrogen) atoms. The highest BCUT2D eigenvalue weighted by Gasteiger charge is 2.16. The van der Waals surface area contributed by atoms with Crippen LogP contribution in [0.3, 0.4) is 0 Å². The maximum Gasteiger partial charge on any atom is 0.192 e. The molecule has 0 aromatic heterocycles. The van der Waals surface area contributed by atoms with Gasteiger partial charge in [0.1, 0.15) is 7.85 Å². The molecule has 0 radical (unpaired) electrons. The lowest BCUT2D eigenvalue weighted by molar-refractivity contribution is 0.103. The predicted octanol–water partition coefficient (Wildman–Crippen LogP) is -0.00160. The van der Waals surface area contributed by atoms with Gasteiger partial charge < -0.3 is 20.4 Å². The minimum atomic E-state index is -0.428. The summed E-state index contributed by atoms with van der Waals surface area (Å²) in [6, 6.07) is 6.31. The maximum atomic E-state index is 12.2. The molecule has 0 atom stereocenters. The van der Waals surface area contributed by atoms with Crippen LogP contribution in [0.25, 0.3) is 0 Å². The fourth-order valence-electron chi connectivity index (χ4n) is 1.75. The van der Waals surface area contributed by atoms with E-state index in [0.29, 0.717) is 0 Å². The van der Waals surface area contributed by atoms with Crippen molar-refractivity contribution in [3.8, 4) is 23.0 Å². The highest BCUT2D eigenvalue weighted by atomic mass is 16.3. The van der Waals surface area contributed by atoms with Crippen molar-refractivity contribution in [1.82, 2.24) is 0 Å². The van der Waals surface area contributed by atoms with Gasteiger partial charge in [0.05, 0.1) is 0 Å². The Labute approximate surface area is 109 Å². The molecule has 0 bridgehead atoms. The third-order valence-electron chi connectivity index (χ3n) is 2.89. The smallest absolute Gasteiger partial charge is 0.192 e. The molecule has 0 aliphatic heterocycles. The Kier molecular flexibility index (Phi) is 3.08. The van der Waals surface area contributed by atoms with E-state index in [1.54, 1.807) is 0 Å². The first-order valence-corrected chi connectivity index (χ1v) is 5.50. The van der Waals surface area contributed by atoms with E-state index in [4.69, 9.17) is 0 Å². The maximum absolute atomic E-state index is 12.2. The largest absolute Gasteiger partial charge is 0.505 e. The van der Waals surface area contributed by atoms with E-state index in [1.165, 1.54) is 32.1 Å². The molecule has 6 heteroatoms. The number of hydrogen-bond donors (Lipinski definition) is 4. The van der Waals surface area contributed by atoms with Crippen LogP contribution in [0.1, 0.15) is 15.9 Å².